The summed E-state index contributed by atoms with van der Waals surface area (Å²) in [4.78, 5) is 25.9. The van der Waals surface area contributed by atoms with Gasteiger partial charge in [0.1, 0.15) is 12.4 Å². The number of esters is 1. The molecule has 5 nitrogen and oxygen atoms in total. The Morgan fingerprint density at radius 3 is 2.88 bits per heavy atom. The Morgan fingerprint density at radius 1 is 1.46 bits per heavy atom. The number of hydrogen-bond acceptors (Lipinski definition) is 4. The van der Waals surface area contributed by atoms with Gasteiger partial charge in [-0.1, -0.05) is 23.8 Å². The first-order valence-corrected chi connectivity index (χ1v) is 8.28. The Morgan fingerprint density at radius 2 is 2.21 bits per heavy atom. The fourth-order valence-corrected chi connectivity index (χ4v) is 2.75. The van der Waals surface area contributed by atoms with Crippen LogP contribution in [0.3, 0.4) is 0 Å². The van der Waals surface area contributed by atoms with Crippen molar-refractivity contribution in [3.8, 4) is 5.75 Å². The number of benzene rings is 1. The fraction of sp³-hybridized carbons (Fsp3) is 0.444. The molecule has 1 heterocycles. The van der Waals surface area contributed by atoms with E-state index >= 15 is 0 Å². The van der Waals surface area contributed by atoms with Crippen LogP contribution in [0.4, 0.5) is 0 Å². The first-order chi connectivity index (χ1) is 11.4. The van der Waals surface area contributed by atoms with E-state index in [-0.39, 0.29) is 19.1 Å². The Balaban J connectivity index is 1.89. The van der Waals surface area contributed by atoms with Crippen LogP contribution in [0, 0.1) is 5.92 Å². The summed E-state index contributed by atoms with van der Waals surface area (Å²) in [6.45, 7) is 8.50. The average Bonchev–Trinajstić information content (AvgIpc) is 2.56. The topological polar surface area (TPSA) is 55.8 Å². The zero-order valence-corrected chi connectivity index (χ0v) is 14.8. The van der Waals surface area contributed by atoms with E-state index in [9.17, 15) is 9.59 Å². The zero-order chi connectivity index (χ0) is 17.7. The quantitative estimate of drug-likeness (QED) is 0.584. The highest BCUT2D eigenvalue weighted by atomic mass is 35.5. The molecule has 0 saturated carbocycles. The summed E-state index contributed by atoms with van der Waals surface area (Å²) in [5.41, 5.74) is 1.75. The van der Waals surface area contributed by atoms with Crippen molar-refractivity contribution in [3.05, 3.63) is 40.9 Å². The number of carbonyl (C=O) groups excluding carboxylic acids is 2. The number of likely N-dealkylation sites (N-methyl/N-ethyl adjacent to an activating group) is 1. The maximum absolute atomic E-state index is 12.2. The Hall–Kier alpha value is -2.01. The van der Waals surface area contributed by atoms with Gasteiger partial charge in [-0.2, -0.15) is 0 Å². The third-order valence-electron chi connectivity index (χ3n) is 3.80. The summed E-state index contributed by atoms with van der Waals surface area (Å²) in [6, 6.07) is 5.32. The molecule has 1 aliphatic rings. The molecule has 2 rings (SSSR count). The SMILES string of the molecule is C=C(C)CN(CC)C(=O)COC(=O)C1COc2ccc(Cl)cc2C1. The molecule has 0 bridgehead atoms. The maximum Gasteiger partial charge on any atom is 0.313 e. The monoisotopic (exact) mass is 351 g/mol. The summed E-state index contributed by atoms with van der Waals surface area (Å²) in [6.07, 6.45) is 0.492. The second kappa shape index (κ2) is 8.20. The second-order valence-corrected chi connectivity index (χ2v) is 6.37. The predicted octanol–water partition coefficient (Wildman–Crippen LogP) is 2.86. The third kappa shape index (κ3) is 4.74. The van der Waals surface area contributed by atoms with Crippen LogP contribution in [0.1, 0.15) is 19.4 Å². The van der Waals surface area contributed by atoms with Crippen LogP contribution in [0.15, 0.2) is 30.4 Å². The molecule has 0 N–H and O–H groups in total. The number of ether oxygens (including phenoxy) is 2. The van der Waals surface area contributed by atoms with Crippen LogP contribution in [-0.2, 0) is 20.7 Å². The molecule has 1 atom stereocenters. The molecule has 1 aromatic carbocycles. The van der Waals surface area contributed by atoms with E-state index in [1.54, 1.807) is 23.1 Å². The van der Waals surface area contributed by atoms with E-state index in [0.29, 0.717) is 24.5 Å². The van der Waals surface area contributed by atoms with Crippen LogP contribution in [0.2, 0.25) is 5.02 Å². The van der Waals surface area contributed by atoms with Crippen LogP contribution in [0.25, 0.3) is 0 Å². The minimum absolute atomic E-state index is 0.228. The molecule has 0 radical (unpaired) electrons. The highest BCUT2D eigenvalue weighted by molar-refractivity contribution is 6.30. The van der Waals surface area contributed by atoms with E-state index in [2.05, 4.69) is 6.58 Å². The van der Waals surface area contributed by atoms with Crippen molar-refractivity contribution in [2.75, 3.05) is 26.3 Å². The molecule has 1 aliphatic heterocycles. The molecule has 0 aliphatic carbocycles. The molecule has 0 spiro atoms. The van der Waals surface area contributed by atoms with Crippen LogP contribution >= 0.6 is 11.6 Å². The molecule has 0 fully saturated rings. The molecular formula is C18H22ClNO4. The van der Waals surface area contributed by atoms with Crippen molar-refractivity contribution in [1.82, 2.24) is 4.90 Å². The molecule has 24 heavy (non-hydrogen) atoms. The van der Waals surface area contributed by atoms with E-state index in [4.69, 9.17) is 21.1 Å². The maximum atomic E-state index is 12.2. The number of nitrogens with zero attached hydrogens (tertiary/aromatic N) is 1. The third-order valence-corrected chi connectivity index (χ3v) is 4.03. The Labute approximate surface area is 147 Å². The number of carbonyl (C=O) groups is 2. The van der Waals surface area contributed by atoms with Gasteiger partial charge in [-0.15, -0.1) is 0 Å². The minimum Gasteiger partial charge on any atom is -0.492 e. The molecule has 130 valence electrons. The molecule has 1 aromatic rings. The zero-order valence-electron chi connectivity index (χ0n) is 14.0. The Bertz CT molecular complexity index is 644. The lowest BCUT2D eigenvalue weighted by atomic mass is 9.97. The molecule has 0 saturated heterocycles. The van der Waals surface area contributed by atoms with Crippen LogP contribution < -0.4 is 4.74 Å². The van der Waals surface area contributed by atoms with Crippen molar-refractivity contribution < 1.29 is 19.1 Å². The molecule has 1 amide bonds. The number of amides is 1. The number of hydrogen-bond donors (Lipinski definition) is 0. The van der Waals surface area contributed by atoms with E-state index in [0.717, 1.165) is 16.9 Å². The molecule has 6 heteroatoms. The summed E-state index contributed by atoms with van der Waals surface area (Å²) >= 11 is 5.97. The summed E-state index contributed by atoms with van der Waals surface area (Å²) < 4.78 is 10.8. The first kappa shape index (κ1) is 18.3. The van der Waals surface area contributed by atoms with Crippen molar-refractivity contribution in [3.63, 3.8) is 0 Å². The van der Waals surface area contributed by atoms with E-state index < -0.39 is 11.9 Å². The largest absolute Gasteiger partial charge is 0.492 e. The van der Waals surface area contributed by atoms with Crippen molar-refractivity contribution in [2.24, 2.45) is 5.92 Å². The number of fused-ring (bicyclic) bond motifs is 1. The molecule has 1 unspecified atom stereocenters. The number of halogens is 1. The minimum atomic E-state index is -0.431. The standard InChI is InChI=1S/C18H22ClNO4/c1-4-20(9-12(2)3)17(21)11-24-18(22)14-7-13-8-15(19)5-6-16(13)23-10-14/h5-6,8,14H,2,4,7,9-11H2,1,3H3. The molecular weight excluding hydrogens is 330 g/mol. The second-order valence-electron chi connectivity index (χ2n) is 5.94. The van der Waals surface area contributed by atoms with Gasteiger partial charge in [-0.05, 0) is 44.0 Å². The summed E-state index contributed by atoms with van der Waals surface area (Å²) in [5, 5.41) is 0.597. The molecule has 0 aromatic heterocycles. The lowest BCUT2D eigenvalue weighted by Gasteiger charge is -2.25. The van der Waals surface area contributed by atoms with Gasteiger partial charge in [-0.3, -0.25) is 9.59 Å². The van der Waals surface area contributed by atoms with E-state index in [1.165, 1.54) is 0 Å². The number of rotatable bonds is 6. The predicted molar refractivity (Wildman–Crippen MR) is 92.2 cm³/mol. The van der Waals surface area contributed by atoms with Gasteiger partial charge in [0.25, 0.3) is 5.91 Å². The van der Waals surface area contributed by atoms with Gasteiger partial charge < -0.3 is 14.4 Å². The Kier molecular flexibility index (Phi) is 6.26. The van der Waals surface area contributed by atoms with Crippen LogP contribution in [0.5, 0.6) is 5.75 Å². The van der Waals surface area contributed by atoms with Gasteiger partial charge in [0.15, 0.2) is 6.61 Å². The van der Waals surface area contributed by atoms with Gasteiger partial charge in [0.05, 0.1) is 5.92 Å². The highest BCUT2D eigenvalue weighted by Gasteiger charge is 2.28. The van der Waals surface area contributed by atoms with Gasteiger partial charge in [-0.25, -0.2) is 0 Å². The normalized spacial score (nSPS) is 15.9. The summed E-state index contributed by atoms with van der Waals surface area (Å²) in [7, 11) is 0. The van der Waals surface area contributed by atoms with Crippen molar-refractivity contribution >= 4 is 23.5 Å². The van der Waals surface area contributed by atoms with Gasteiger partial charge in [0, 0.05) is 18.1 Å². The van der Waals surface area contributed by atoms with Gasteiger partial charge in [0.2, 0.25) is 0 Å². The van der Waals surface area contributed by atoms with Crippen LogP contribution in [-0.4, -0.2) is 43.1 Å². The van der Waals surface area contributed by atoms with Crippen molar-refractivity contribution in [2.45, 2.75) is 20.3 Å². The lowest BCUT2D eigenvalue weighted by molar-refractivity contribution is -0.156. The smallest absolute Gasteiger partial charge is 0.313 e. The lowest BCUT2D eigenvalue weighted by Crippen LogP contribution is -2.37. The fourth-order valence-electron chi connectivity index (χ4n) is 2.56. The highest BCUT2D eigenvalue weighted by Crippen LogP contribution is 2.30. The summed E-state index contributed by atoms with van der Waals surface area (Å²) in [5.74, 6) is -0.354. The first-order valence-electron chi connectivity index (χ1n) is 7.90. The van der Waals surface area contributed by atoms with Gasteiger partial charge >= 0.3 is 5.97 Å². The van der Waals surface area contributed by atoms with E-state index in [1.807, 2.05) is 13.8 Å². The average molecular weight is 352 g/mol. The van der Waals surface area contributed by atoms with Crippen molar-refractivity contribution in [1.29, 1.82) is 0 Å².